The van der Waals surface area contributed by atoms with Crippen molar-refractivity contribution in [3.05, 3.63) is 81.8 Å². The second-order valence-electron chi connectivity index (χ2n) is 7.13. The van der Waals surface area contributed by atoms with E-state index in [9.17, 15) is 0 Å². The Balaban J connectivity index is 1.55. The zero-order valence-corrected chi connectivity index (χ0v) is 18.0. The standard InChI is InChI=1S/C24H22Cl2N2O/c1-16-14-18(15-17(2)23(16)26)29-13-7-12-28-22-11-6-5-10-21(22)27-24(28)19-8-3-4-9-20(19)25/h3-6,8-11,14-15H,7,12-13H2,1-2H3. The molecule has 3 aromatic carbocycles. The zero-order chi connectivity index (χ0) is 20.4. The number of benzene rings is 3. The molecule has 0 aliphatic heterocycles. The number of hydrogen-bond acceptors (Lipinski definition) is 2. The largest absolute Gasteiger partial charge is 0.494 e. The molecule has 0 amide bonds. The predicted molar refractivity (Wildman–Crippen MR) is 121 cm³/mol. The van der Waals surface area contributed by atoms with Gasteiger partial charge in [-0.25, -0.2) is 4.98 Å². The highest BCUT2D eigenvalue weighted by Crippen LogP contribution is 2.30. The third kappa shape index (κ3) is 4.12. The molecule has 3 nitrogen and oxygen atoms in total. The number of aryl methyl sites for hydroxylation is 3. The summed E-state index contributed by atoms with van der Waals surface area (Å²) in [6.45, 7) is 5.38. The van der Waals surface area contributed by atoms with Crippen molar-refractivity contribution in [1.82, 2.24) is 9.55 Å². The summed E-state index contributed by atoms with van der Waals surface area (Å²) >= 11 is 12.7. The highest BCUT2D eigenvalue weighted by Gasteiger charge is 2.14. The van der Waals surface area contributed by atoms with Gasteiger partial charge >= 0.3 is 0 Å². The molecule has 0 spiro atoms. The molecule has 0 N–H and O–H groups in total. The van der Waals surface area contributed by atoms with E-state index in [-0.39, 0.29) is 0 Å². The van der Waals surface area contributed by atoms with Gasteiger partial charge in [0.2, 0.25) is 0 Å². The fourth-order valence-electron chi connectivity index (χ4n) is 3.55. The van der Waals surface area contributed by atoms with Crippen molar-refractivity contribution in [3.8, 4) is 17.1 Å². The number of para-hydroxylation sites is 2. The number of nitrogens with zero attached hydrogens (tertiary/aromatic N) is 2. The first-order valence-electron chi connectivity index (χ1n) is 9.64. The summed E-state index contributed by atoms with van der Waals surface area (Å²) in [5.41, 5.74) is 5.06. The first-order valence-corrected chi connectivity index (χ1v) is 10.4. The molecule has 5 heteroatoms. The van der Waals surface area contributed by atoms with Gasteiger partial charge in [-0.1, -0.05) is 47.5 Å². The molecule has 1 heterocycles. The Labute approximate surface area is 180 Å². The van der Waals surface area contributed by atoms with E-state index in [1.807, 2.05) is 68.4 Å². The third-order valence-electron chi connectivity index (χ3n) is 4.97. The van der Waals surface area contributed by atoms with Crippen LogP contribution in [-0.4, -0.2) is 16.2 Å². The molecule has 29 heavy (non-hydrogen) atoms. The van der Waals surface area contributed by atoms with E-state index in [1.165, 1.54) is 0 Å². The lowest BCUT2D eigenvalue weighted by Crippen LogP contribution is -2.06. The van der Waals surface area contributed by atoms with Gasteiger partial charge in [0.25, 0.3) is 0 Å². The third-order valence-corrected chi connectivity index (χ3v) is 5.90. The molecule has 4 aromatic rings. The van der Waals surface area contributed by atoms with Crippen molar-refractivity contribution >= 4 is 34.2 Å². The van der Waals surface area contributed by atoms with Crippen LogP contribution in [-0.2, 0) is 6.54 Å². The van der Waals surface area contributed by atoms with Crippen LogP contribution in [0.4, 0.5) is 0 Å². The van der Waals surface area contributed by atoms with Gasteiger partial charge in [-0.15, -0.1) is 0 Å². The molecular weight excluding hydrogens is 403 g/mol. The molecule has 0 fully saturated rings. The fourth-order valence-corrected chi connectivity index (χ4v) is 3.88. The minimum absolute atomic E-state index is 0.606. The van der Waals surface area contributed by atoms with E-state index in [0.717, 1.165) is 57.3 Å². The maximum atomic E-state index is 6.45. The van der Waals surface area contributed by atoms with Crippen molar-refractivity contribution in [2.24, 2.45) is 0 Å². The lowest BCUT2D eigenvalue weighted by molar-refractivity contribution is 0.302. The maximum absolute atomic E-state index is 6.45. The average Bonchev–Trinajstić information content (AvgIpc) is 3.08. The quantitative estimate of drug-likeness (QED) is 0.308. The molecule has 0 atom stereocenters. The van der Waals surface area contributed by atoms with Crippen LogP contribution < -0.4 is 4.74 Å². The van der Waals surface area contributed by atoms with E-state index < -0.39 is 0 Å². The van der Waals surface area contributed by atoms with Crippen LogP contribution in [0.25, 0.3) is 22.4 Å². The van der Waals surface area contributed by atoms with E-state index in [0.29, 0.717) is 11.6 Å². The summed E-state index contributed by atoms with van der Waals surface area (Å²) in [7, 11) is 0. The number of aromatic nitrogens is 2. The molecule has 0 saturated heterocycles. The lowest BCUT2D eigenvalue weighted by atomic mass is 10.1. The number of imidazole rings is 1. The van der Waals surface area contributed by atoms with Crippen LogP contribution in [0.3, 0.4) is 0 Å². The molecule has 1 aromatic heterocycles. The Morgan fingerprint density at radius 1 is 0.931 bits per heavy atom. The number of hydrogen-bond donors (Lipinski definition) is 0. The second kappa shape index (κ2) is 8.48. The normalized spacial score (nSPS) is 11.2. The summed E-state index contributed by atoms with van der Waals surface area (Å²) in [4.78, 5) is 4.84. The maximum Gasteiger partial charge on any atom is 0.142 e. The second-order valence-corrected chi connectivity index (χ2v) is 7.91. The van der Waals surface area contributed by atoms with Gasteiger partial charge in [0.05, 0.1) is 22.7 Å². The van der Waals surface area contributed by atoms with Gasteiger partial charge in [0.1, 0.15) is 11.6 Å². The van der Waals surface area contributed by atoms with Gasteiger partial charge in [-0.3, -0.25) is 0 Å². The Morgan fingerprint density at radius 3 is 2.38 bits per heavy atom. The van der Waals surface area contributed by atoms with Crippen LogP contribution >= 0.6 is 23.2 Å². The monoisotopic (exact) mass is 424 g/mol. The first kappa shape index (κ1) is 19.8. The minimum atomic E-state index is 0.606. The van der Waals surface area contributed by atoms with Crippen LogP contribution in [0.15, 0.2) is 60.7 Å². The summed E-state index contributed by atoms with van der Waals surface area (Å²) < 4.78 is 8.20. The number of ether oxygens (including phenoxy) is 1. The highest BCUT2D eigenvalue weighted by atomic mass is 35.5. The van der Waals surface area contributed by atoms with Crippen molar-refractivity contribution in [1.29, 1.82) is 0 Å². The molecule has 0 saturated carbocycles. The molecular formula is C24H22Cl2N2O. The van der Waals surface area contributed by atoms with Crippen LogP contribution in [0.5, 0.6) is 5.75 Å². The van der Waals surface area contributed by atoms with Gasteiger partial charge < -0.3 is 9.30 Å². The van der Waals surface area contributed by atoms with Gasteiger partial charge in [0.15, 0.2) is 0 Å². The van der Waals surface area contributed by atoms with Crippen LogP contribution in [0, 0.1) is 13.8 Å². The predicted octanol–water partition coefficient (Wildman–Crippen LogP) is 7.10. The van der Waals surface area contributed by atoms with Crippen molar-refractivity contribution in [2.75, 3.05) is 6.61 Å². The Morgan fingerprint density at radius 2 is 1.62 bits per heavy atom. The Hall–Kier alpha value is -2.49. The number of fused-ring (bicyclic) bond motifs is 1. The smallest absolute Gasteiger partial charge is 0.142 e. The van der Waals surface area contributed by atoms with Crippen molar-refractivity contribution < 1.29 is 4.74 Å². The van der Waals surface area contributed by atoms with Crippen LogP contribution in [0.1, 0.15) is 17.5 Å². The topological polar surface area (TPSA) is 27.1 Å². The molecule has 0 bridgehead atoms. The number of halogens is 2. The van der Waals surface area contributed by atoms with Crippen molar-refractivity contribution in [2.45, 2.75) is 26.8 Å². The van der Waals surface area contributed by atoms with Gasteiger partial charge in [-0.05, 0) is 67.8 Å². The molecule has 0 aliphatic rings. The van der Waals surface area contributed by atoms with E-state index in [4.69, 9.17) is 32.9 Å². The summed E-state index contributed by atoms with van der Waals surface area (Å²) in [6.07, 6.45) is 0.846. The SMILES string of the molecule is Cc1cc(OCCCn2c(-c3ccccc3Cl)nc3ccccc32)cc(C)c1Cl. The molecule has 4 rings (SSSR count). The molecule has 148 valence electrons. The summed E-state index contributed by atoms with van der Waals surface area (Å²) in [6, 6.07) is 20.0. The Kier molecular flexibility index (Phi) is 5.79. The Bertz CT molecular complexity index is 1140. The van der Waals surface area contributed by atoms with Gasteiger partial charge in [-0.2, -0.15) is 0 Å². The first-order chi connectivity index (χ1) is 14.0. The molecule has 0 aliphatic carbocycles. The van der Waals surface area contributed by atoms with E-state index in [2.05, 4.69) is 10.6 Å². The average molecular weight is 425 g/mol. The van der Waals surface area contributed by atoms with Crippen LogP contribution in [0.2, 0.25) is 10.0 Å². The zero-order valence-electron chi connectivity index (χ0n) is 16.5. The van der Waals surface area contributed by atoms with E-state index >= 15 is 0 Å². The van der Waals surface area contributed by atoms with Gasteiger partial charge in [0, 0.05) is 17.1 Å². The lowest BCUT2D eigenvalue weighted by Gasteiger charge is -2.12. The molecule has 0 radical (unpaired) electrons. The molecule has 0 unspecified atom stereocenters. The minimum Gasteiger partial charge on any atom is -0.494 e. The fraction of sp³-hybridized carbons (Fsp3) is 0.208. The van der Waals surface area contributed by atoms with E-state index in [1.54, 1.807) is 0 Å². The highest BCUT2D eigenvalue weighted by molar-refractivity contribution is 6.33. The van der Waals surface area contributed by atoms with Crippen molar-refractivity contribution in [3.63, 3.8) is 0 Å². The summed E-state index contributed by atoms with van der Waals surface area (Å²) in [5.74, 6) is 1.74. The number of rotatable bonds is 6. The summed E-state index contributed by atoms with van der Waals surface area (Å²) in [5, 5.41) is 1.50.